The summed E-state index contributed by atoms with van der Waals surface area (Å²) in [4.78, 5) is 15.2. The van der Waals surface area contributed by atoms with E-state index in [1.165, 1.54) is 12.1 Å². The lowest BCUT2D eigenvalue weighted by Crippen LogP contribution is -2.37. The lowest BCUT2D eigenvalue weighted by molar-refractivity contribution is 0.0474. The number of aliphatic hydroxyl groups is 1. The van der Waals surface area contributed by atoms with Crippen LogP contribution in [0.4, 0.5) is 10.1 Å². The largest absolute Gasteiger partial charge is 0.389 e. The summed E-state index contributed by atoms with van der Waals surface area (Å²) >= 11 is 0. The molecule has 2 aliphatic rings. The third kappa shape index (κ3) is 4.61. The first-order valence-electron chi connectivity index (χ1n) is 13.0. The third-order valence-corrected chi connectivity index (χ3v) is 7.70. The van der Waals surface area contributed by atoms with E-state index in [1.54, 1.807) is 21.9 Å². The molecule has 1 aliphatic carbocycles. The Balaban J connectivity index is 1.23. The Hall–Kier alpha value is -3.88. The monoisotopic (exact) mass is 511 g/mol. The number of hydrogen-bond donors (Lipinski definition) is 2. The van der Waals surface area contributed by atoms with E-state index >= 15 is 0 Å². The Morgan fingerprint density at radius 3 is 2.66 bits per heavy atom. The van der Waals surface area contributed by atoms with Crippen LogP contribution in [0, 0.1) is 5.82 Å². The number of amides is 1. The number of nitrogens with one attached hydrogen (secondary N) is 1. The number of hydrogen-bond acceptors (Lipinski definition) is 5. The average Bonchev–Trinajstić information content (AvgIpc) is 3.63. The first-order chi connectivity index (χ1) is 18.4. The molecular formula is C30H30FN5O2. The van der Waals surface area contributed by atoms with Crippen molar-refractivity contribution >= 4 is 11.6 Å². The van der Waals surface area contributed by atoms with E-state index in [1.807, 2.05) is 49.5 Å². The molecule has 3 aromatic carbocycles. The zero-order valence-electron chi connectivity index (χ0n) is 21.3. The molecule has 1 amide bonds. The van der Waals surface area contributed by atoms with E-state index in [2.05, 4.69) is 15.5 Å². The number of aromatic nitrogens is 3. The maximum Gasteiger partial charge on any atom is 0.258 e. The second-order valence-corrected chi connectivity index (χ2v) is 10.4. The molecule has 2 N–H and O–H groups in total. The molecule has 38 heavy (non-hydrogen) atoms. The van der Waals surface area contributed by atoms with Gasteiger partial charge in [0, 0.05) is 37.0 Å². The fourth-order valence-corrected chi connectivity index (χ4v) is 5.64. The van der Waals surface area contributed by atoms with Gasteiger partial charge in [0.15, 0.2) is 5.82 Å². The highest BCUT2D eigenvalue weighted by molar-refractivity contribution is 6.10. The van der Waals surface area contributed by atoms with Crippen molar-refractivity contribution in [3.05, 3.63) is 89.5 Å². The Labute approximate surface area is 220 Å². The van der Waals surface area contributed by atoms with Crippen molar-refractivity contribution in [1.82, 2.24) is 20.1 Å². The summed E-state index contributed by atoms with van der Waals surface area (Å²) < 4.78 is 15.9. The second kappa shape index (κ2) is 9.78. The molecule has 0 bridgehead atoms. The van der Waals surface area contributed by atoms with Crippen LogP contribution in [0.5, 0.6) is 0 Å². The molecular weight excluding hydrogens is 481 g/mol. The molecule has 0 unspecified atom stereocenters. The predicted molar refractivity (Wildman–Crippen MR) is 144 cm³/mol. The summed E-state index contributed by atoms with van der Waals surface area (Å²) in [6.07, 6.45) is 5.42. The van der Waals surface area contributed by atoms with Crippen molar-refractivity contribution in [2.75, 3.05) is 11.4 Å². The molecule has 1 aliphatic heterocycles. The van der Waals surface area contributed by atoms with Gasteiger partial charge >= 0.3 is 0 Å². The summed E-state index contributed by atoms with van der Waals surface area (Å²) in [5, 5.41) is 22.1. The van der Waals surface area contributed by atoms with Crippen LogP contribution >= 0.6 is 0 Å². The number of halogens is 1. The molecule has 0 atom stereocenters. The van der Waals surface area contributed by atoms with Crippen LogP contribution in [0.25, 0.3) is 22.5 Å². The van der Waals surface area contributed by atoms with Gasteiger partial charge in [-0.1, -0.05) is 43.2 Å². The van der Waals surface area contributed by atoms with Crippen molar-refractivity contribution in [3.63, 3.8) is 0 Å². The molecule has 2 heterocycles. The minimum atomic E-state index is -0.606. The summed E-state index contributed by atoms with van der Waals surface area (Å²) in [5.41, 5.74) is 5.19. The molecule has 1 fully saturated rings. The number of nitrogens with zero attached hydrogens (tertiary/aromatic N) is 4. The van der Waals surface area contributed by atoms with Crippen LogP contribution in [-0.2, 0) is 20.1 Å². The predicted octanol–water partition coefficient (Wildman–Crippen LogP) is 4.84. The van der Waals surface area contributed by atoms with Crippen LogP contribution in [0.2, 0.25) is 0 Å². The SMILES string of the molecule is Cn1cnnc1-c1cc(F)ccc1-c1cccc(N2Cc3ccc(CNCC4(O)CCCC4)cc3C2=O)c1. The summed E-state index contributed by atoms with van der Waals surface area (Å²) in [5.74, 6) is 0.174. The number of carbonyl (C=O) groups is 1. The van der Waals surface area contributed by atoms with Crippen molar-refractivity contribution in [2.24, 2.45) is 7.05 Å². The number of carbonyl (C=O) groups excluding carboxylic acids is 1. The number of fused-ring (bicyclic) bond motifs is 1. The van der Waals surface area contributed by atoms with Crippen LogP contribution in [0.1, 0.15) is 47.2 Å². The standard InChI is InChI=1S/C30H30FN5O2/c1-35-19-33-34-28(35)27-15-23(31)9-10-25(27)21-5-4-6-24(14-21)36-17-22-8-7-20(13-26(22)29(36)37)16-32-18-30(38)11-2-3-12-30/h4-10,13-15,19,32,38H,2-3,11-12,16-18H2,1H3. The first kappa shape index (κ1) is 24.5. The molecule has 4 aromatic rings. The van der Waals surface area contributed by atoms with Gasteiger partial charge in [-0.05, 0) is 65.4 Å². The molecule has 194 valence electrons. The number of anilines is 1. The van der Waals surface area contributed by atoms with Gasteiger partial charge in [-0.3, -0.25) is 4.79 Å². The number of aryl methyl sites for hydroxylation is 1. The Bertz CT molecular complexity index is 1510. The van der Waals surface area contributed by atoms with E-state index in [4.69, 9.17) is 0 Å². The molecule has 6 rings (SSSR count). The number of benzene rings is 3. The highest BCUT2D eigenvalue weighted by atomic mass is 19.1. The molecule has 1 saturated carbocycles. The molecule has 0 radical (unpaired) electrons. The van der Waals surface area contributed by atoms with Crippen molar-refractivity contribution in [3.8, 4) is 22.5 Å². The van der Waals surface area contributed by atoms with E-state index in [0.717, 1.165) is 53.6 Å². The molecule has 0 spiro atoms. The minimum Gasteiger partial charge on any atom is -0.389 e. The Morgan fingerprint density at radius 1 is 1.03 bits per heavy atom. The topological polar surface area (TPSA) is 83.3 Å². The van der Waals surface area contributed by atoms with Crippen molar-refractivity contribution in [1.29, 1.82) is 0 Å². The first-order valence-corrected chi connectivity index (χ1v) is 13.0. The van der Waals surface area contributed by atoms with E-state index in [9.17, 15) is 14.3 Å². The maximum absolute atomic E-state index is 14.2. The van der Waals surface area contributed by atoms with Gasteiger partial charge in [-0.2, -0.15) is 0 Å². The minimum absolute atomic E-state index is 0.0407. The lowest BCUT2D eigenvalue weighted by Gasteiger charge is -2.22. The average molecular weight is 512 g/mol. The molecule has 0 saturated heterocycles. The fraction of sp³-hybridized carbons (Fsp3) is 0.300. The van der Waals surface area contributed by atoms with E-state index < -0.39 is 5.60 Å². The quantitative estimate of drug-likeness (QED) is 0.371. The summed E-state index contributed by atoms with van der Waals surface area (Å²) in [6, 6.07) is 18.4. The van der Waals surface area contributed by atoms with Gasteiger partial charge in [0.2, 0.25) is 0 Å². The van der Waals surface area contributed by atoms with Gasteiger partial charge in [-0.15, -0.1) is 10.2 Å². The van der Waals surface area contributed by atoms with Gasteiger partial charge in [0.05, 0.1) is 12.1 Å². The maximum atomic E-state index is 14.2. The number of rotatable bonds is 7. The molecule has 7 nitrogen and oxygen atoms in total. The van der Waals surface area contributed by atoms with Crippen molar-refractivity contribution in [2.45, 2.75) is 44.4 Å². The van der Waals surface area contributed by atoms with Gasteiger partial charge in [-0.25, -0.2) is 4.39 Å². The normalized spacial score (nSPS) is 16.3. The summed E-state index contributed by atoms with van der Waals surface area (Å²) in [7, 11) is 1.82. The van der Waals surface area contributed by atoms with Gasteiger partial charge in [0.25, 0.3) is 5.91 Å². The smallest absolute Gasteiger partial charge is 0.258 e. The van der Waals surface area contributed by atoms with E-state index in [0.29, 0.717) is 36.6 Å². The Morgan fingerprint density at radius 2 is 1.87 bits per heavy atom. The summed E-state index contributed by atoms with van der Waals surface area (Å²) in [6.45, 7) is 1.66. The Kier molecular flexibility index (Phi) is 6.29. The second-order valence-electron chi connectivity index (χ2n) is 10.4. The van der Waals surface area contributed by atoms with E-state index in [-0.39, 0.29) is 11.7 Å². The highest BCUT2D eigenvalue weighted by Gasteiger charge is 2.31. The van der Waals surface area contributed by atoms with Crippen LogP contribution in [0.3, 0.4) is 0 Å². The van der Waals surface area contributed by atoms with Gasteiger partial charge < -0.3 is 19.9 Å². The zero-order valence-corrected chi connectivity index (χ0v) is 21.3. The third-order valence-electron chi connectivity index (χ3n) is 7.70. The molecule has 1 aromatic heterocycles. The van der Waals surface area contributed by atoms with Gasteiger partial charge in [0.1, 0.15) is 12.1 Å². The molecule has 8 heteroatoms. The van der Waals surface area contributed by atoms with Crippen LogP contribution in [0.15, 0.2) is 67.0 Å². The fourth-order valence-electron chi connectivity index (χ4n) is 5.64. The van der Waals surface area contributed by atoms with Crippen LogP contribution in [-0.4, -0.2) is 37.9 Å². The van der Waals surface area contributed by atoms with Crippen LogP contribution < -0.4 is 10.2 Å². The zero-order chi connectivity index (χ0) is 26.3. The lowest BCUT2D eigenvalue weighted by atomic mass is 9.98. The van der Waals surface area contributed by atoms with Crippen molar-refractivity contribution < 1.29 is 14.3 Å². The highest BCUT2D eigenvalue weighted by Crippen LogP contribution is 2.36.